The summed E-state index contributed by atoms with van der Waals surface area (Å²) in [6.07, 6.45) is 47.6. The predicted octanol–water partition coefficient (Wildman–Crippen LogP) is 15.5. The molecule has 257 valence electrons. The van der Waals surface area contributed by atoms with Gasteiger partial charge in [-0.2, -0.15) is 0 Å². The molecule has 0 unspecified atom stereocenters. The average Bonchev–Trinajstić information content (AvgIpc) is 3.04. The summed E-state index contributed by atoms with van der Waals surface area (Å²) in [7, 11) is 0. The van der Waals surface area contributed by atoms with Gasteiger partial charge in [-0.3, -0.25) is 0 Å². The van der Waals surface area contributed by atoms with Crippen LogP contribution in [-0.4, -0.2) is 0 Å². The molecule has 0 N–H and O–H groups in total. The molecule has 0 atom stereocenters. The highest BCUT2D eigenvalue weighted by atomic mass is 14.2. The van der Waals surface area contributed by atoms with Crippen molar-refractivity contribution < 1.29 is 0 Å². The summed E-state index contributed by atoms with van der Waals surface area (Å²) in [5, 5.41) is 0. The molecule has 0 bridgehead atoms. The van der Waals surface area contributed by atoms with Gasteiger partial charge in [0.05, 0.1) is 0 Å². The fourth-order valence-corrected chi connectivity index (χ4v) is 7.18. The van der Waals surface area contributed by atoms with E-state index < -0.39 is 0 Å². The van der Waals surface area contributed by atoms with E-state index in [0.29, 0.717) is 0 Å². The fourth-order valence-electron chi connectivity index (χ4n) is 7.18. The van der Waals surface area contributed by atoms with Crippen molar-refractivity contribution in [2.45, 2.75) is 239 Å². The molecule has 1 aromatic rings. The van der Waals surface area contributed by atoms with Crippen LogP contribution in [0.15, 0.2) is 12.1 Å². The molecule has 0 aromatic heterocycles. The molecular weight excluding hydrogens is 528 g/mol. The van der Waals surface area contributed by atoms with Crippen LogP contribution in [-0.2, 0) is 25.7 Å². The van der Waals surface area contributed by atoms with E-state index in [1.165, 1.54) is 217 Å². The highest BCUT2D eigenvalue weighted by molar-refractivity contribution is 5.40. The van der Waals surface area contributed by atoms with Crippen molar-refractivity contribution in [2.75, 3.05) is 0 Å². The van der Waals surface area contributed by atoms with Crippen LogP contribution in [0.5, 0.6) is 0 Å². The Morgan fingerprint density at radius 1 is 0.341 bits per heavy atom. The zero-order chi connectivity index (χ0) is 31.8. The monoisotopic (exact) mass is 610 g/mol. The van der Waals surface area contributed by atoms with Crippen LogP contribution in [0.4, 0.5) is 0 Å². The van der Waals surface area contributed by atoms with Crippen LogP contribution in [0.3, 0.4) is 0 Å². The Labute approximate surface area is 279 Å². The lowest BCUT2D eigenvalue weighted by Crippen LogP contribution is -2.04. The number of hydrogen-bond acceptors (Lipinski definition) is 0. The van der Waals surface area contributed by atoms with Gasteiger partial charge >= 0.3 is 0 Å². The summed E-state index contributed by atoms with van der Waals surface area (Å²) in [6.45, 7) is 11.3. The molecule has 0 heterocycles. The Hall–Kier alpha value is -0.780. The molecule has 0 heteroatoms. The Bertz CT molecular complexity index is 670. The highest BCUT2D eigenvalue weighted by Gasteiger charge is 2.11. The molecule has 0 saturated carbocycles. The van der Waals surface area contributed by atoms with Crippen molar-refractivity contribution in [3.63, 3.8) is 0 Å². The lowest BCUT2D eigenvalue weighted by Gasteiger charge is -2.18. The standard InChI is InChI=1S/C44H81/c1-5-9-12-15-18-21-24-27-30-33-36-42-39-41(8-4)40-43(37-34-31-28-25-22-19-16-13-10-6-2)44(42)38-35-32-29-26-23-20-17-14-11-7-3/h39-40H,4-38H2,1-3H3. The third kappa shape index (κ3) is 23.5. The molecular formula is C44H81. The summed E-state index contributed by atoms with van der Waals surface area (Å²) in [6, 6.07) is 5.13. The number of unbranched alkanes of at least 4 members (excludes halogenated alkanes) is 27. The second-order valence-electron chi connectivity index (χ2n) is 14.4. The van der Waals surface area contributed by atoms with Gasteiger partial charge in [0.25, 0.3) is 0 Å². The minimum absolute atomic E-state index is 0.939. The third-order valence-electron chi connectivity index (χ3n) is 10.2. The van der Waals surface area contributed by atoms with Gasteiger partial charge in [0.2, 0.25) is 0 Å². The zero-order valence-electron chi connectivity index (χ0n) is 30.9. The van der Waals surface area contributed by atoms with Crippen LogP contribution in [0, 0.1) is 6.92 Å². The van der Waals surface area contributed by atoms with Crippen LogP contribution in [0.25, 0.3) is 0 Å². The molecule has 0 amide bonds. The van der Waals surface area contributed by atoms with Crippen molar-refractivity contribution in [1.29, 1.82) is 0 Å². The Morgan fingerprint density at radius 2 is 0.591 bits per heavy atom. The van der Waals surface area contributed by atoms with E-state index in [1.54, 1.807) is 16.7 Å². The van der Waals surface area contributed by atoms with Crippen molar-refractivity contribution in [3.8, 4) is 0 Å². The number of rotatable bonds is 34. The van der Waals surface area contributed by atoms with E-state index in [4.69, 9.17) is 0 Å². The first-order valence-electron chi connectivity index (χ1n) is 20.7. The van der Waals surface area contributed by atoms with Gasteiger partial charge in [-0.15, -0.1) is 0 Å². The molecule has 1 radical (unpaired) electrons. The van der Waals surface area contributed by atoms with Gasteiger partial charge in [0.1, 0.15) is 0 Å². The normalized spacial score (nSPS) is 11.5. The second kappa shape index (κ2) is 32.2. The Morgan fingerprint density at radius 3 is 0.864 bits per heavy atom. The molecule has 1 aromatic carbocycles. The van der Waals surface area contributed by atoms with Crippen LogP contribution in [0.2, 0.25) is 0 Å². The molecule has 0 nitrogen and oxygen atoms in total. The Balaban J connectivity index is 2.57. The SMILES string of the molecule is [CH2]Cc1cc(CCCCCCCCCCCC)c(CCCCCCCCCCCC)c(CCCCCCCCCCCC)c1. The molecule has 0 saturated heterocycles. The van der Waals surface area contributed by atoms with Gasteiger partial charge in [-0.1, -0.05) is 206 Å². The van der Waals surface area contributed by atoms with E-state index in [-0.39, 0.29) is 0 Å². The van der Waals surface area contributed by atoms with Crippen molar-refractivity contribution in [2.24, 2.45) is 0 Å². The zero-order valence-corrected chi connectivity index (χ0v) is 30.9. The maximum Gasteiger partial charge on any atom is -0.0273 e. The van der Waals surface area contributed by atoms with E-state index in [1.807, 2.05) is 0 Å². The smallest absolute Gasteiger partial charge is 0.0273 e. The first-order valence-corrected chi connectivity index (χ1v) is 20.7. The minimum Gasteiger partial charge on any atom is -0.0654 e. The maximum absolute atomic E-state index is 4.31. The first kappa shape index (κ1) is 41.2. The summed E-state index contributed by atoms with van der Waals surface area (Å²) in [5.41, 5.74) is 6.64. The summed E-state index contributed by atoms with van der Waals surface area (Å²) in [4.78, 5) is 0. The largest absolute Gasteiger partial charge is 0.0654 e. The fraction of sp³-hybridized carbons (Fsp3) is 0.841. The quantitative estimate of drug-likeness (QED) is 0.0682. The first-order chi connectivity index (χ1) is 21.8. The average molecular weight is 610 g/mol. The second-order valence-corrected chi connectivity index (χ2v) is 14.4. The van der Waals surface area contributed by atoms with Crippen molar-refractivity contribution in [3.05, 3.63) is 41.3 Å². The third-order valence-corrected chi connectivity index (χ3v) is 10.2. The Kier molecular flexibility index (Phi) is 30.2. The van der Waals surface area contributed by atoms with Gasteiger partial charge in [-0.05, 0) is 74.1 Å². The molecule has 0 aliphatic carbocycles. The lowest BCUT2D eigenvalue weighted by molar-refractivity contribution is 0.551. The molecule has 44 heavy (non-hydrogen) atoms. The maximum atomic E-state index is 4.31. The molecule has 1 rings (SSSR count). The van der Waals surface area contributed by atoms with E-state index in [2.05, 4.69) is 39.8 Å². The van der Waals surface area contributed by atoms with Crippen LogP contribution < -0.4 is 0 Å². The lowest BCUT2D eigenvalue weighted by atomic mass is 9.87. The number of benzene rings is 1. The van der Waals surface area contributed by atoms with Gasteiger partial charge in [0, 0.05) is 0 Å². The van der Waals surface area contributed by atoms with E-state index in [9.17, 15) is 0 Å². The van der Waals surface area contributed by atoms with Gasteiger partial charge < -0.3 is 0 Å². The highest BCUT2D eigenvalue weighted by Crippen LogP contribution is 2.26. The molecule has 0 aliphatic rings. The predicted molar refractivity (Wildman–Crippen MR) is 202 cm³/mol. The minimum atomic E-state index is 0.939. The van der Waals surface area contributed by atoms with Gasteiger partial charge in [0.15, 0.2) is 0 Å². The summed E-state index contributed by atoms with van der Waals surface area (Å²) < 4.78 is 0. The van der Waals surface area contributed by atoms with Crippen LogP contribution >= 0.6 is 0 Å². The number of aryl methyl sites for hydroxylation is 2. The summed E-state index contributed by atoms with van der Waals surface area (Å²) >= 11 is 0. The molecule has 0 aliphatic heterocycles. The van der Waals surface area contributed by atoms with E-state index >= 15 is 0 Å². The topological polar surface area (TPSA) is 0 Å². The van der Waals surface area contributed by atoms with Crippen molar-refractivity contribution >= 4 is 0 Å². The van der Waals surface area contributed by atoms with Crippen LogP contribution in [0.1, 0.15) is 236 Å². The summed E-state index contributed by atoms with van der Waals surface area (Å²) in [5.74, 6) is 0. The van der Waals surface area contributed by atoms with E-state index in [0.717, 1.165) is 6.42 Å². The van der Waals surface area contributed by atoms with Gasteiger partial charge in [-0.25, -0.2) is 0 Å². The van der Waals surface area contributed by atoms with Crippen molar-refractivity contribution in [1.82, 2.24) is 0 Å². The molecule has 0 spiro atoms. The molecule has 0 fully saturated rings. The number of hydrogen-bond donors (Lipinski definition) is 0.